The van der Waals surface area contributed by atoms with Gasteiger partial charge in [0.1, 0.15) is 17.5 Å². The molecule has 0 aliphatic heterocycles. The molecule has 1 N–H and O–H groups in total. The summed E-state index contributed by atoms with van der Waals surface area (Å²) in [4.78, 5) is 8.87. The van der Waals surface area contributed by atoms with Gasteiger partial charge in [0.15, 0.2) is 0 Å². The minimum absolute atomic E-state index is 0.283. The molecule has 0 atom stereocenters. The summed E-state index contributed by atoms with van der Waals surface area (Å²) in [6.07, 6.45) is 0.283. The van der Waals surface area contributed by atoms with Crippen molar-refractivity contribution in [3.8, 4) is 0 Å². The minimum Gasteiger partial charge on any atom is -0.370 e. The summed E-state index contributed by atoms with van der Waals surface area (Å²) in [5, 5.41) is 3.59. The lowest BCUT2D eigenvalue weighted by Crippen LogP contribution is -2.09. The molecule has 2 rings (SSSR count). The van der Waals surface area contributed by atoms with E-state index in [-0.39, 0.29) is 12.2 Å². The predicted octanol–water partition coefficient (Wildman–Crippen LogP) is 3.91. The number of halogens is 2. The lowest BCUT2D eigenvalue weighted by molar-refractivity contribution is 0.612. The van der Waals surface area contributed by atoms with Crippen molar-refractivity contribution in [3.05, 3.63) is 51.7 Å². The number of rotatable bonds is 4. The van der Waals surface area contributed by atoms with Crippen LogP contribution in [0.2, 0.25) is 5.02 Å². The second-order valence-corrected chi connectivity index (χ2v) is 5.01. The van der Waals surface area contributed by atoms with Gasteiger partial charge in [0.25, 0.3) is 0 Å². The summed E-state index contributed by atoms with van der Waals surface area (Å²) >= 11 is 6.04. The first kappa shape index (κ1) is 14.7. The molecule has 3 nitrogen and oxygen atoms in total. The van der Waals surface area contributed by atoms with Gasteiger partial charge in [-0.05, 0) is 32.9 Å². The fourth-order valence-electron chi connectivity index (χ4n) is 1.96. The fraction of sp³-hybridized carbons (Fsp3) is 0.333. The number of nitrogens with zero attached hydrogens (tertiary/aromatic N) is 2. The molecule has 0 spiro atoms. The summed E-state index contributed by atoms with van der Waals surface area (Å²) < 4.78 is 13.8. The Bertz CT molecular complexity index is 609. The SMILES string of the molecule is CCNc1nc(Cc2c(F)cccc2Cl)nc(C)c1C. The Balaban J connectivity index is 2.39. The van der Waals surface area contributed by atoms with Gasteiger partial charge in [-0.2, -0.15) is 0 Å². The smallest absolute Gasteiger partial charge is 0.135 e. The lowest BCUT2D eigenvalue weighted by atomic mass is 10.1. The molecule has 0 saturated carbocycles. The van der Waals surface area contributed by atoms with Crippen LogP contribution in [-0.4, -0.2) is 16.5 Å². The maximum Gasteiger partial charge on any atom is 0.135 e. The average molecular weight is 294 g/mol. The Labute approximate surface area is 123 Å². The third kappa shape index (κ3) is 3.07. The van der Waals surface area contributed by atoms with E-state index in [1.165, 1.54) is 6.07 Å². The van der Waals surface area contributed by atoms with Gasteiger partial charge >= 0.3 is 0 Å². The van der Waals surface area contributed by atoms with Crippen LogP contribution in [0, 0.1) is 19.7 Å². The van der Waals surface area contributed by atoms with Gasteiger partial charge in [-0.3, -0.25) is 0 Å². The van der Waals surface area contributed by atoms with Crippen LogP contribution in [0.3, 0.4) is 0 Å². The number of anilines is 1. The highest BCUT2D eigenvalue weighted by atomic mass is 35.5. The highest BCUT2D eigenvalue weighted by molar-refractivity contribution is 6.31. The van der Waals surface area contributed by atoms with E-state index < -0.39 is 0 Å². The van der Waals surface area contributed by atoms with Crippen LogP contribution in [0.4, 0.5) is 10.2 Å². The second kappa shape index (κ2) is 6.18. The first-order valence-corrected chi connectivity index (χ1v) is 6.91. The molecule has 0 aliphatic carbocycles. The van der Waals surface area contributed by atoms with Crippen molar-refractivity contribution in [2.45, 2.75) is 27.2 Å². The Hall–Kier alpha value is -1.68. The standard InChI is InChI=1S/C15H17ClFN3/c1-4-18-15-9(2)10(3)19-14(20-15)8-11-12(16)6-5-7-13(11)17/h5-7H,4,8H2,1-3H3,(H,18,19,20). The van der Waals surface area contributed by atoms with Crippen molar-refractivity contribution < 1.29 is 4.39 Å². The van der Waals surface area contributed by atoms with Crippen LogP contribution in [0.1, 0.15) is 29.6 Å². The van der Waals surface area contributed by atoms with E-state index >= 15 is 0 Å². The highest BCUT2D eigenvalue weighted by Gasteiger charge is 2.12. The Morgan fingerprint density at radius 2 is 2.00 bits per heavy atom. The zero-order valence-corrected chi connectivity index (χ0v) is 12.6. The largest absolute Gasteiger partial charge is 0.370 e. The number of hydrogen-bond donors (Lipinski definition) is 1. The summed E-state index contributed by atoms with van der Waals surface area (Å²) in [7, 11) is 0. The zero-order chi connectivity index (χ0) is 14.7. The van der Waals surface area contributed by atoms with Crippen LogP contribution in [-0.2, 0) is 6.42 Å². The molecule has 0 bridgehead atoms. The van der Waals surface area contributed by atoms with Crippen molar-refractivity contribution >= 4 is 17.4 Å². The van der Waals surface area contributed by atoms with Gasteiger partial charge in [0, 0.05) is 34.8 Å². The Morgan fingerprint density at radius 3 is 2.65 bits per heavy atom. The molecule has 1 heterocycles. The van der Waals surface area contributed by atoms with Crippen molar-refractivity contribution in [2.75, 3.05) is 11.9 Å². The molecule has 0 aliphatic rings. The predicted molar refractivity (Wildman–Crippen MR) is 79.9 cm³/mol. The molecule has 0 saturated heterocycles. The fourth-order valence-corrected chi connectivity index (χ4v) is 2.19. The molecular weight excluding hydrogens is 277 g/mol. The molecule has 20 heavy (non-hydrogen) atoms. The summed E-state index contributed by atoms with van der Waals surface area (Å²) in [6.45, 7) is 6.67. The Kier molecular flexibility index (Phi) is 4.55. The molecule has 1 aromatic heterocycles. The zero-order valence-electron chi connectivity index (χ0n) is 11.8. The van der Waals surface area contributed by atoms with Gasteiger partial charge in [-0.1, -0.05) is 17.7 Å². The summed E-state index contributed by atoms with van der Waals surface area (Å²) in [5.41, 5.74) is 2.33. The third-order valence-corrected chi connectivity index (χ3v) is 3.53. The highest BCUT2D eigenvalue weighted by Crippen LogP contribution is 2.22. The molecule has 106 valence electrons. The second-order valence-electron chi connectivity index (χ2n) is 4.61. The van der Waals surface area contributed by atoms with Crippen LogP contribution in [0.5, 0.6) is 0 Å². The first-order valence-electron chi connectivity index (χ1n) is 6.53. The minimum atomic E-state index is -0.329. The van der Waals surface area contributed by atoms with E-state index in [9.17, 15) is 4.39 Å². The topological polar surface area (TPSA) is 37.8 Å². The van der Waals surface area contributed by atoms with Gasteiger partial charge < -0.3 is 5.32 Å². The van der Waals surface area contributed by atoms with E-state index in [2.05, 4.69) is 15.3 Å². The van der Waals surface area contributed by atoms with Crippen molar-refractivity contribution in [2.24, 2.45) is 0 Å². The van der Waals surface area contributed by atoms with Crippen LogP contribution < -0.4 is 5.32 Å². The van der Waals surface area contributed by atoms with Crippen LogP contribution in [0.15, 0.2) is 18.2 Å². The monoisotopic (exact) mass is 293 g/mol. The number of aryl methyl sites for hydroxylation is 1. The molecule has 0 radical (unpaired) electrons. The average Bonchev–Trinajstić information content (AvgIpc) is 2.40. The summed E-state index contributed by atoms with van der Waals surface area (Å²) in [6, 6.07) is 4.66. The van der Waals surface area contributed by atoms with E-state index in [4.69, 9.17) is 11.6 Å². The molecule has 0 fully saturated rings. The maximum absolute atomic E-state index is 13.8. The molecule has 2 aromatic rings. The number of benzene rings is 1. The third-order valence-electron chi connectivity index (χ3n) is 3.18. The van der Waals surface area contributed by atoms with E-state index in [1.807, 2.05) is 20.8 Å². The lowest BCUT2D eigenvalue weighted by Gasteiger charge is -2.12. The molecular formula is C15H17ClFN3. The van der Waals surface area contributed by atoms with E-state index in [1.54, 1.807) is 12.1 Å². The molecule has 0 amide bonds. The van der Waals surface area contributed by atoms with Gasteiger partial charge in [-0.15, -0.1) is 0 Å². The number of hydrogen-bond acceptors (Lipinski definition) is 3. The quantitative estimate of drug-likeness (QED) is 0.929. The van der Waals surface area contributed by atoms with E-state index in [0.717, 1.165) is 23.6 Å². The van der Waals surface area contributed by atoms with Crippen molar-refractivity contribution in [1.29, 1.82) is 0 Å². The number of aromatic nitrogens is 2. The van der Waals surface area contributed by atoms with Gasteiger partial charge in [0.05, 0.1) is 0 Å². The molecule has 1 aromatic carbocycles. The Morgan fingerprint density at radius 1 is 1.25 bits per heavy atom. The van der Waals surface area contributed by atoms with Crippen LogP contribution >= 0.6 is 11.6 Å². The maximum atomic E-state index is 13.8. The first-order chi connectivity index (χ1) is 9.52. The molecule has 0 unspecified atom stereocenters. The normalized spacial score (nSPS) is 10.7. The van der Waals surface area contributed by atoms with E-state index in [0.29, 0.717) is 16.4 Å². The summed E-state index contributed by atoms with van der Waals surface area (Å²) in [5.74, 6) is 1.03. The van der Waals surface area contributed by atoms with Gasteiger partial charge in [-0.25, -0.2) is 14.4 Å². The van der Waals surface area contributed by atoms with Gasteiger partial charge in [0.2, 0.25) is 0 Å². The number of nitrogens with one attached hydrogen (secondary N) is 1. The van der Waals surface area contributed by atoms with Crippen molar-refractivity contribution in [3.63, 3.8) is 0 Å². The van der Waals surface area contributed by atoms with Crippen LogP contribution in [0.25, 0.3) is 0 Å². The molecule has 5 heteroatoms. The van der Waals surface area contributed by atoms with Crippen molar-refractivity contribution in [1.82, 2.24) is 9.97 Å².